The van der Waals surface area contributed by atoms with Crippen LogP contribution in [0.3, 0.4) is 0 Å². The second-order valence-electron chi connectivity index (χ2n) is 5.28. The summed E-state index contributed by atoms with van der Waals surface area (Å²) in [5, 5.41) is 7.33. The Morgan fingerprint density at radius 1 is 1.41 bits per heavy atom. The van der Waals surface area contributed by atoms with E-state index in [9.17, 15) is 0 Å². The van der Waals surface area contributed by atoms with Gasteiger partial charge in [0.1, 0.15) is 0 Å². The van der Waals surface area contributed by atoms with E-state index in [1.54, 1.807) is 0 Å². The number of nitrogens with two attached hydrogens (primary N) is 1. The van der Waals surface area contributed by atoms with E-state index in [4.69, 9.17) is 10.5 Å². The molecule has 0 unspecified atom stereocenters. The second-order valence-corrected chi connectivity index (χ2v) is 5.28. The van der Waals surface area contributed by atoms with Gasteiger partial charge in [-0.15, -0.1) is 24.0 Å². The lowest BCUT2D eigenvalue weighted by Crippen LogP contribution is -2.37. The number of nitrogens with zero attached hydrogens (tertiary/aromatic N) is 4. The summed E-state index contributed by atoms with van der Waals surface area (Å²) in [4.78, 5) is 6.75. The van der Waals surface area contributed by atoms with Gasteiger partial charge in [-0.1, -0.05) is 0 Å². The summed E-state index contributed by atoms with van der Waals surface area (Å²) in [5.74, 6) is 0.515. The van der Waals surface area contributed by atoms with Crippen molar-refractivity contribution in [3.8, 4) is 0 Å². The van der Waals surface area contributed by atoms with Crippen LogP contribution in [0.4, 0.5) is 0 Å². The molecule has 8 heteroatoms. The Balaban J connectivity index is 0.00000242. The predicted molar refractivity (Wildman–Crippen MR) is 98.7 cm³/mol. The number of aryl methyl sites for hydroxylation is 1. The van der Waals surface area contributed by atoms with Gasteiger partial charge in [0, 0.05) is 38.9 Å². The Morgan fingerprint density at radius 2 is 2.18 bits per heavy atom. The van der Waals surface area contributed by atoms with Gasteiger partial charge in [0.25, 0.3) is 0 Å². The first kappa shape index (κ1) is 19.2. The van der Waals surface area contributed by atoms with Crippen LogP contribution >= 0.6 is 24.0 Å². The highest BCUT2D eigenvalue weighted by molar-refractivity contribution is 14.0. The summed E-state index contributed by atoms with van der Waals surface area (Å²) >= 11 is 0. The van der Waals surface area contributed by atoms with E-state index in [1.807, 2.05) is 24.0 Å². The smallest absolute Gasteiger partial charge is 0.188 e. The minimum atomic E-state index is 0. The van der Waals surface area contributed by atoms with Gasteiger partial charge in [0.05, 0.1) is 26.0 Å². The fourth-order valence-corrected chi connectivity index (χ4v) is 2.26. The van der Waals surface area contributed by atoms with Gasteiger partial charge in [-0.2, -0.15) is 5.10 Å². The van der Waals surface area contributed by atoms with Crippen molar-refractivity contribution >= 4 is 29.9 Å². The maximum atomic E-state index is 5.84. The molecule has 1 aliphatic heterocycles. The molecule has 1 aromatic rings. The summed E-state index contributed by atoms with van der Waals surface area (Å²) in [6.45, 7) is 9.13. The van der Waals surface area contributed by atoms with Gasteiger partial charge in [-0.25, -0.2) is 0 Å². The number of hydrogen-bond donors (Lipinski definition) is 2. The molecule has 0 atom stereocenters. The van der Waals surface area contributed by atoms with Crippen molar-refractivity contribution in [1.29, 1.82) is 0 Å². The third kappa shape index (κ3) is 7.41. The number of rotatable bonds is 7. The topological polar surface area (TPSA) is 80.7 Å². The highest BCUT2D eigenvalue weighted by Crippen LogP contribution is 1.98. The highest BCUT2D eigenvalue weighted by atomic mass is 127. The van der Waals surface area contributed by atoms with Crippen LogP contribution in [0.25, 0.3) is 0 Å². The second kappa shape index (κ2) is 10.8. The van der Waals surface area contributed by atoms with E-state index < -0.39 is 0 Å². The number of guanidine groups is 1. The Bertz CT molecular complexity index is 444. The quantitative estimate of drug-likeness (QED) is 0.289. The maximum absolute atomic E-state index is 5.84. The number of halogens is 1. The molecule has 0 radical (unpaired) electrons. The van der Waals surface area contributed by atoms with Crippen molar-refractivity contribution in [3.63, 3.8) is 0 Å². The molecule has 0 amide bonds. The number of aliphatic imine (C=N–C) groups is 1. The third-order valence-electron chi connectivity index (χ3n) is 3.43. The van der Waals surface area contributed by atoms with Crippen molar-refractivity contribution in [2.75, 3.05) is 45.9 Å². The van der Waals surface area contributed by atoms with Crippen molar-refractivity contribution < 1.29 is 4.74 Å². The van der Waals surface area contributed by atoms with Crippen LogP contribution in [-0.2, 0) is 11.3 Å². The summed E-state index contributed by atoms with van der Waals surface area (Å²) in [6, 6.07) is 0. The monoisotopic (exact) mass is 422 g/mol. The number of aromatic nitrogens is 2. The standard InChI is InChI=1S/C14H26N6O.HI/c1-13-11-18-20(12-13)6-4-17-14(15)16-3-2-5-19-7-9-21-10-8-19;/h11-12H,2-10H2,1H3,(H3,15,16,17);1H. The zero-order valence-electron chi connectivity index (χ0n) is 13.2. The molecule has 2 heterocycles. The van der Waals surface area contributed by atoms with Crippen LogP contribution in [0.5, 0.6) is 0 Å². The van der Waals surface area contributed by atoms with E-state index >= 15 is 0 Å². The number of hydrogen-bond acceptors (Lipinski definition) is 4. The van der Waals surface area contributed by atoms with E-state index in [-0.39, 0.29) is 24.0 Å². The van der Waals surface area contributed by atoms with Gasteiger partial charge in [0.15, 0.2) is 5.96 Å². The minimum Gasteiger partial charge on any atom is -0.379 e. The first-order valence-corrected chi connectivity index (χ1v) is 7.57. The fraction of sp³-hybridized carbons (Fsp3) is 0.714. The van der Waals surface area contributed by atoms with E-state index in [1.165, 1.54) is 5.56 Å². The van der Waals surface area contributed by atoms with Gasteiger partial charge >= 0.3 is 0 Å². The Kier molecular flexibility index (Phi) is 9.41. The number of nitrogens with one attached hydrogen (secondary N) is 1. The molecule has 3 N–H and O–H groups in total. The lowest BCUT2D eigenvalue weighted by atomic mass is 10.3. The molecule has 22 heavy (non-hydrogen) atoms. The van der Waals surface area contributed by atoms with E-state index in [0.29, 0.717) is 5.96 Å². The van der Waals surface area contributed by atoms with Crippen molar-refractivity contribution in [2.24, 2.45) is 10.7 Å². The normalized spacial score (nSPS) is 16.3. The summed E-state index contributed by atoms with van der Waals surface area (Å²) in [6.07, 6.45) is 4.89. The van der Waals surface area contributed by atoms with Crippen LogP contribution in [0.2, 0.25) is 0 Å². The molecule has 7 nitrogen and oxygen atoms in total. The zero-order chi connectivity index (χ0) is 14.9. The summed E-state index contributed by atoms with van der Waals surface area (Å²) in [5.41, 5.74) is 7.00. The lowest BCUT2D eigenvalue weighted by molar-refractivity contribution is 0.0377. The molecule has 0 spiro atoms. The Morgan fingerprint density at radius 3 is 2.86 bits per heavy atom. The van der Waals surface area contributed by atoms with Crippen molar-refractivity contribution in [2.45, 2.75) is 19.9 Å². The average Bonchev–Trinajstić information content (AvgIpc) is 2.90. The molecule has 2 rings (SSSR count). The minimum absolute atomic E-state index is 0. The van der Waals surface area contributed by atoms with Crippen LogP contribution in [0.1, 0.15) is 12.0 Å². The van der Waals surface area contributed by atoms with Crippen LogP contribution in [0.15, 0.2) is 17.4 Å². The van der Waals surface area contributed by atoms with Gasteiger partial charge < -0.3 is 15.8 Å². The Labute approximate surface area is 149 Å². The molecule has 1 fully saturated rings. The van der Waals surface area contributed by atoms with Crippen LogP contribution < -0.4 is 11.1 Å². The molecular weight excluding hydrogens is 395 g/mol. The third-order valence-corrected chi connectivity index (χ3v) is 3.43. The Hall–Kier alpha value is -0.870. The van der Waals surface area contributed by atoms with Crippen LogP contribution in [-0.4, -0.2) is 66.6 Å². The van der Waals surface area contributed by atoms with Gasteiger partial charge in [0.2, 0.25) is 0 Å². The van der Waals surface area contributed by atoms with E-state index in [0.717, 1.165) is 58.9 Å². The van der Waals surface area contributed by atoms with Gasteiger partial charge in [-0.3, -0.25) is 14.6 Å². The SMILES string of the molecule is Cc1cnn(CCNC(N)=NCCCN2CCOCC2)c1.I. The van der Waals surface area contributed by atoms with Crippen molar-refractivity contribution in [3.05, 3.63) is 18.0 Å². The molecule has 1 aromatic heterocycles. The maximum Gasteiger partial charge on any atom is 0.188 e. The van der Waals surface area contributed by atoms with E-state index in [2.05, 4.69) is 20.3 Å². The predicted octanol–water partition coefficient (Wildman–Crippen LogP) is 0.436. The number of morpholine rings is 1. The molecule has 1 aliphatic rings. The summed E-state index contributed by atoms with van der Waals surface area (Å²) in [7, 11) is 0. The van der Waals surface area contributed by atoms with Gasteiger partial charge in [-0.05, 0) is 18.9 Å². The zero-order valence-corrected chi connectivity index (χ0v) is 15.5. The average molecular weight is 422 g/mol. The first-order chi connectivity index (χ1) is 10.2. The first-order valence-electron chi connectivity index (χ1n) is 7.57. The molecule has 0 saturated carbocycles. The molecule has 1 saturated heterocycles. The molecule has 126 valence electrons. The van der Waals surface area contributed by atoms with Crippen molar-refractivity contribution in [1.82, 2.24) is 20.0 Å². The molecular formula is C14H27IN6O. The fourth-order valence-electron chi connectivity index (χ4n) is 2.26. The largest absolute Gasteiger partial charge is 0.379 e. The summed E-state index contributed by atoms with van der Waals surface area (Å²) < 4.78 is 7.22. The molecule has 0 aromatic carbocycles. The molecule has 0 aliphatic carbocycles. The lowest BCUT2D eigenvalue weighted by Gasteiger charge is -2.26. The van der Waals surface area contributed by atoms with Crippen LogP contribution in [0, 0.1) is 6.92 Å². The highest BCUT2D eigenvalue weighted by Gasteiger charge is 2.08. The molecule has 0 bridgehead atoms. The number of ether oxygens (including phenoxy) is 1.